The predicted molar refractivity (Wildman–Crippen MR) is 135 cm³/mol. The standard InChI is InChI=1S/C26H29ClN4O4/c1-29(16-23(32)22-5-4-10-30(22)2)15-20-12-21-25(34)18(14-31(3)26(21)35-20)11-24(33)28-13-17-6-8-19(27)9-7-17/h4-10,12,14,23,32H,11,13,15-16H2,1-3H3,(H,28,33). The lowest BCUT2D eigenvalue weighted by Crippen LogP contribution is -2.27. The monoisotopic (exact) mass is 496 g/mol. The van der Waals surface area contributed by atoms with Crippen LogP contribution >= 0.6 is 11.6 Å². The number of pyridine rings is 1. The second kappa shape index (κ2) is 10.5. The van der Waals surface area contributed by atoms with E-state index in [1.165, 1.54) is 0 Å². The molecule has 4 rings (SSSR count). The van der Waals surface area contributed by atoms with Crippen LogP contribution in [0.3, 0.4) is 0 Å². The Kier molecular flexibility index (Phi) is 7.45. The van der Waals surface area contributed by atoms with Gasteiger partial charge >= 0.3 is 0 Å². The summed E-state index contributed by atoms with van der Waals surface area (Å²) in [5.74, 6) is 0.369. The number of amides is 1. The molecule has 0 aliphatic carbocycles. The number of nitrogens with one attached hydrogen (secondary N) is 1. The highest BCUT2D eigenvalue weighted by atomic mass is 35.5. The number of aliphatic hydroxyl groups is 1. The van der Waals surface area contributed by atoms with Gasteiger partial charge in [0.1, 0.15) is 11.9 Å². The van der Waals surface area contributed by atoms with Crippen LogP contribution in [0.5, 0.6) is 0 Å². The van der Waals surface area contributed by atoms with Crippen LogP contribution in [0, 0.1) is 0 Å². The van der Waals surface area contributed by atoms with Gasteiger partial charge in [-0.15, -0.1) is 0 Å². The molecule has 3 heterocycles. The fourth-order valence-corrected chi connectivity index (χ4v) is 4.29. The lowest BCUT2D eigenvalue weighted by molar-refractivity contribution is -0.120. The number of aliphatic hydroxyl groups excluding tert-OH is 1. The number of furan rings is 1. The minimum absolute atomic E-state index is 0.0283. The van der Waals surface area contributed by atoms with Gasteiger partial charge in [-0.25, -0.2) is 0 Å². The third-order valence-electron chi connectivity index (χ3n) is 5.96. The van der Waals surface area contributed by atoms with Gasteiger partial charge in [0, 0.05) is 55.9 Å². The van der Waals surface area contributed by atoms with Crippen molar-refractivity contribution >= 4 is 28.6 Å². The summed E-state index contributed by atoms with van der Waals surface area (Å²) in [6, 6.07) is 12.7. The molecule has 184 valence electrons. The van der Waals surface area contributed by atoms with Crippen LogP contribution in [0.4, 0.5) is 0 Å². The van der Waals surface area contributed by atoms with E-state index >= 15 is 0 Å². The topological polar surface area (TPSA) is 92.6 Å². The molecular weight excluding hydrogens is 468 g/mol. The minimum atomic E-state index is -0.645. The number of halogens is 1. The summed E-state index contributed by atoms with van der Waals surface area (Å²) in [5.41, 5.74) is 2.38. The zero-order valence-electron chi connectivity index (χ0n) is 20.0. The first-order chi connectivity index (χ1) is 16.7. The quantitative estimate of drug-likeness (QED) is 0.371. The van der Waals surface area contributed by atoms with Gasteiger partial charge < -0.3 is 24.0 Å². The summed E-state index contributed by atoms with van der Waals surface area (Å²) < 4.78 is 9.55. The molecule has 35 heavy (non-hydrogen) atoms. The molecule has 9 heteroatoms. The number of likely N-dealkylation sites (N-methyl/N-ethyl adjacent to an activating group) is 1. The average Bonchev–Trinajstić information content (AvgIpc) is 3.43. The van der Waals surface area contributed by atoms with Crippen LogP contribution in [-0.2, 0) is 38.4 Å². The van der Waals surface area contributed by atoms with E-state index in [0.29, 0.717) is 47.1 Å². The van der Waals surface area contributed by atoms with Gasteiger partial charge in [-0.2, -0.15) is 0 Å². The van der Waals surface area contributed by atoms with Gasteiger partial charge in [-0.3, -0.25) is 14.5 Å². The lowest BCUT2D eigenvalue weighted by atomic mass is 10.1. The molecule has 0 aliphatic rings. The number of hydrogen-bond donors (Lipinski definition) is 2. The number of carbonyl (C=O) groups excluding carboxylic acids is 1. The van der Waals surface area contributed by atoms with Crippen molar-refractivity contribution in [2.75, 3.05) is 13.6 Å². The highest BCUT2D eigenvalue weighted by Crippen LogP contribution is 2.20. The van der Waals surface area contributed by atoms with E-state index in [-0.39, 0.29) is 17.8 Å². The molecule has 0 bridgehead atoms. The number of fused-ring (bicyclic) bond motifs is 1. The molecule has 1 unspecified atom stereocenters. The van der Waals surface area contributed by atoms with E-state index in [0.717, 1.165) is 11.3 Å². The molecule has 0 aliphatic heterocycles. The highest BCUT2D eigenvalue weighted by molar-refractivity contribution is 6.30. The van der Waals surface area contributed by atoms with Crippen molar-refractivity contribution in [2.24, 2.45) is 14.1 Å². The Bertz CT molecular complexity index is 1390. The maximum Gasteiger partial charge on any atom is 0.224 e. The van der Waals surface area contributed by atoms with Gasteiger partial charge in [-0.1, -0.05) is 23.7 Å². The third kappa shape index (κ3) is 5.85. The van der Waals surface area contributed by atoms with Crippen LogP contribution in [0.25, 0.3) is 11.1 Å². The second-order valence-corrected chi connectivity index (χ2v) is 9.30. The van der Waals surface area contributed by atoms with Gasteiger partial charge in [0.15, 0.2) is 5.43 Å². The summed E-state index contributed by atoms with van der Waals surface area (Å²) >= 11 is 5.89. The summed E-state index contributed by atoms with van der Waals surface area (Å²) in [4.78, 5) is 27.5. The number of carbonyl (C=O) groups is 1. The van der Waals surface area contributed by atoms with E-state index in [2.05, 4.69) is 5.32 Å². The summed E-state index contributed by atoms with van der Waals surface area (Å²) in [5, 5.41) is 14.4. The van der Waals surface area contributed by atoms with Crippen molar-refractivity contribution in [1.29, 1.82) is 0 Å². The van der Waals surface area contributed by atoms with Gasteiger partial charge in [0.05, 0.1) is 18.4 Å². The second-order valence-electron chi connectivity index (χ2n) is 8.86. The zero-order valence-corrected chi connectivity index (χ0v) is 20.7. The Labute approximate surface area is 208 Å². The number of benzene rings is 1. The normalized spacial score (nSPS) is 12.4. The zero-order chi connectivity index (χ0) is 25.1. The van der Waals surface area contributed by atoms with E-state index in [4.69, 9.17) is 16.0 Å². The van der Waals surface area contributed by atoms with Crippen molar-refractivity contribution in [3.8, 4) is 0 Å². The van der Waals surface area contributed by atoms with Crippen molar-refractivity contribution in [3.05, 3.63) is 92.7 Å². The number of aromatic nitrogens is 2. The molecule has 0 saturated carbocycles. The number of aryl methyl sites for hydroxylation is 2. The maximum atomic E-state index is 13.1. The maximum absolute atomic E-state index is 13.1. The van der Waals surface area contributed by atoms with Crippen molar-refractivity contribution in [1.82, 2.24) is 19.4 Å². The van der Waals surface area contributed by atoms with Crippen molar-refractivity contribution < 1.29 is 14.3 Å². The fraction of sp³-hybridized carbons (Fsp3) is 0.308. The molecule has 1 aromatic carbocycles. The smallest absolute Gasteiger partial charge is 0.224 e. The van der Waals surface area contributed by atoms with Gasteiger partial charge in [-0.05, 0) is 42.9 Å². The number of rotatable bonds is 9. The molecule has 3 aromatic heterocycles. The van der Waals surface area contributed by atoms with Crippen LogP contribution in [0.1, 0.15) is 28.7 Å². The Hall–Kier alpha value is -3.33. The third-order valence-corrected chi connectivity index (χ3v) is 6.21. The van der Waals surface area contributed by atoms with E-state index in [1.54, 1.807) is 36.0 Å². The minimum Gasteiger partial charge on any atom is -0.443 e. The van der Waals surface area contributed by atoms with E-state index < -0.39 is 6.10 Å². The SMILES string of the molecule is CN(Cc1cc2c(=O)c(CC(=O)NCc3ccc(Cl)cc3)cn(C)c2o1)CC(O)c1cccn1C. The first-order valence-electron chi connectivity index (χ1n) is 11.3. The molecule has 1 amide bonds. The van der Waals surface area contributed by atoms with Crippen molar-refractivity contribution in [3.63, 3.8) is 0 Å². The van der Waals surface area contributed by atoms with E-state index in [1.807, 2.05) is 54.0 Å². The lowest BCUT2D eigenvalue weighted by Gasteiger charge is -2.20. The van der Waals surface area contributed by atoms with Crippen molar-refractivity contribution in [2.45, 2.75) is 25.6 Å². The molecule has 0 spiro atoms. The Balaban J connectivity index is 1.43. The summed E-state index contributed by atoms with van der Waals surface area (Å²) in [6.07, 6.45) is 2.86. The average molecular weight is 497 g/mol. The highest BCUT2D eigenvalue weighted by Gasteiger charge is 2.18. The number of nitrogens with zero attached hydrogens (tertiary/aromatic N) is 3. The van der Waals surface area contributed by atoms with Crippen LogP contribution < -0.4 is 10.7 Å². The largest absolute Gasteiger partial charge is 0.443 e. The predicted octanol–water partition coefficient (Wildman–Crippen LogP) is 3.15. The Morgan fingerprint density at radius 2 is 1.94 bits per heavy atom. The molecule has 0 radical (unpaired) electrons. The summed E-state index contributed by atoms with van der Waals surface area (Å²) in [7, 11) is 5.56. The molecular formula is C26H29ClN4O4. The van der Waals surface area contributed by atoms with Crippen LogP contribution in [0.15, 0.2) is 64.1 Å². The fourth-order valence-electron chi connectivity index (χ4n) is 4.16. The van der Waals surface area contributed by atoms with Gasteiger partial charge in [0.2, 0.25) is 11.6 Å². The molecule has 4 aromatic rings. The number of hydrogen-bond acceptors (Lipinski definition) is 5. The first-order valence-corrected chi connectivity index (χ1v) is 11.7. The first kappa shape index (κ1) is 24.8. The molecule has 0 saturated heterocycles. The molecule has 1 atom stereocenters. The summed E-state index contributed by atoms with van der Waals surface area (Å²) in [6.45, 7) is 1.19. The van der Waals surface area contributed by atoms with Crippen LogP contribution in [0.2, 0.25) is 5.02 Å². The van der Waals surface area contributed by atoms with Crippen LogP contribution in [-0.4, -0.2) is 38.6 Å². The van der Waals surface area contributed by atoms with E-state index in [9.17, 15) is 14.7 Å². The Morgan fingerprint density at radius 3 is 2.63 bits per heavy atom. The Morgan fingerprint density at radius 1 is 1.20 bits per heavy atom. The molecule has 2 N–H and O–H groups in total. The molecule has 8 nitrogen and oxygen atoms in total. The molecule has 0 fully saturated rings. The van der Waals surface area contributed by atoms with Gasteiger partial charge in [0.25, 0.3) is 0 Å².